The van der Waals surface area contributed by atoms with Crippen molar-refractivity contribution in [3.63, 3.8) is 0 Å². The summed E-state index contributed by atoms with van der Waals surface area (Å²) in [6.07, 6.45) is 0. The van der Waals surface area contributed by atoms with E-state index < -0.39 is 69.4 Å². The number of carbonyl (C=O) groups excluding carboxylic acids is 2. The summed E-state index contributed by atoms with van der Waals surface area (Å²) in [5.74, 6) is -5.79. The van der Waals surface area contributed by atoms with E-state index >= 15 is 0 Å². The van der Waals surface area contributed by atoms with Gasteiger partial charge >= 0.3 is 6.03 Å². The first-order valence-electron chi connectivity index (χ1n) is 9.14. The second-order valence-corrected chi connectivity index (χ2v) is 8.63. The van der Waals surface area contributed by atoms with Gasteiger partial charge in [-0.15, -0.1) is 0 Å². The molecule has 3 amide bonds. The topological polar surface area (TPSA) is 131 Å². The third-order valence-electron chi connectivity index (χ3n) is 4.78. The van der Waals surface area contributed by atoms with E-state index in [4.69, 9.17) is 9.88 Å². The molecule has 0 aromatic heterocycles. The molecule has 32 heavy (non-hydrogen) atoms. The van der Waals surface area contributed by atoms with E-state index in [1.807, 2.05) is 0 Å². The van der Waals surface area contributed by atoms with Crippen molar-refractivity contribution in [2.45, 2.75) is 12.0 Å². The van der Waals surface area contributed by atoms with Crippen LogP contribution in [0, 0.1) is 17.5 Å². The Labute approximate surface area is 181 Å². The van der Waals surface area contributed by atoms with Crippen molar-refractivity contribution in [3.05, 3.63) is 59.4 Å². The zero-order valence-electron chi connectivity index (χ0n) is 16.6. The SMILES string of the molecule is COc1cc(F)c([C@@H]2CN(CS(N)(=O)=O)C(=O)[C@H]2NC(=O)Nc2ccc(F)cc2)c(F)c1. The minimum atomic E-state index is -4.15. The fourth-order valence-electron chi connectivity index (χ4n) is 3.43. The van der Waals surface area contributed by atoms with Crippen molar-refractivity contribution in [1.29, 1.82) is 0 Å². The van der Waals surface area contributed by atoms with Crippen molar-refractivity contribution in [2.24, 2.45) is 5.14 Å². The molecule has 2 atom stereocenters. The van der Waals surface area contributed by atoms with Crippen LogP contribution in [0.25, 0.3) is 0 Å². The van der Waals surface area contributed by atoms with Gasteiger partial charge in [0.25, 0.3) is 0 Å². The van der Waals surface area contributed by atoms with Gasteiger partial charge in [-0.1, -0.05) is 0 Å². The molecule has 0 unspecified atom stereocenters. The summed E-state index contributed by atoms with van der Waals surface area (Å²) < 4.78 is 70.2. The number of likely N-dealkylation sites (tertiary alicyclic amines) is 1. The van der Waals surface area contributed by atoms with Gasteiger partial charge in [-0.05, 0) is 24.3 Å². The van der Waals surface area contributed by atoms with Crippen LogP contribution in [0.3, 0.4) is 0 Å². The number of nitrogens with one attached hydrogen (secondary N) is 2. The molecule has 4 N–H and O–H groups in total. The molecule has 0 aliphatic carbocycles. The van der Waals surface area contributed by atoms with Gasteiger partial charge in [-0.2, -0.15) is 0 Å². The van der Waals surface area contributed by atoms with E-state index in [9.17, 15) is 31.2 Å². The zero-order valence-corrected chi connectivity index (χ0v) is 17.5. The van der Waals surface area contributed by atoms with Gasteiger partial charge in [0.2, 0.25) is 15.9 Å². The van der Waals surface area contributed by atoms with Crippen molar-refractivity contribution >= 4 is 27.6 Å². The number of hydrogen-bond donors (Lipinski definition) is 3. The number of anilines is 1. The maximum Gasteiger partial charge on any atom is 0.319 e. The first kappa shape index (κ1) is 23.3. The summed E-state index contributed by atoms with van der Waals surface area (Å²) in [5.41, 5.74) is -0.336. The van der Waals surface area contributed by atoms with Crippen LogP contribution in [0.1, 0.15) is 11.5 Å². The Hall–Kier alpha value is -3.32. The molecule has 1 aliphatic rings. The van der Waals surface area contributed by atoms with Gasteiger partial charge in [-0.25, -0.2) is 31.5 Å². The monoisotopic (exact) mass is 472 g/mol. The summed E-state index contributed by atoms with van der Waals surface area (Å²) in [7, 11) is -2.93. The van der Waals surface area contributed by atoms with Crippen LogP contribution in [0.5, 0.6) is 5.75 Å². The molecule has 2 aromatic rings. The maximum atomic E-state index is 14.7. The first-order valence-corrected chi connectivity index (χ1v) is 10.9. The van der Waals surface area contributed by atoms with Crippen LogP contribution in [-0.4, -0.2) is 50.8 Å². The Morgan fingerprint density at radius 3 is 2.31 bits per heavy atom. The maximum absolute atomic E-state index is 14.7. The molecule has 0 saturated carbocycles. The smallest absolute Gasteiger partial charge is 0.319 e. The Balaban J connectivity index is 1.91. The third kappa shape index (κ3) is 5.29. The zero-order chi connectivity index (χ0) is 23.6. The molecule has 172 valence electrons. The highest BCUT2D eigenvalue weighted by atomic mass is 32.2. The number of nitrogens with two attached hydrogens (primary N) is 1. The first-order chi connectivity index (χ1) is 15.0. The number of sulfonamides is 1. The van der Waals surface area contributed by atoms with Gasteiger partial charge < -0.3 is 20.3 Å². The van der Waals surface area contributed by atoms with Crippen LogP contribution in [0.4, 0.5) is 23.7 Å². The Morgan fingerprint density at radius 2 is 1.78 bits per heavy atom. The number of hydrogen-bond acceptors (Lipinski definition) is 5. The highest BCUT2D eigenvalue weighted by Crippen LogP contribution is 2.34. The summed E-state index contributed by atoms with van der Waals surface area (Å²) in [4.78, 5) is 26.0. The second kappa shape index (κ2) is 9.04. The fraction of sp³-hybridized carbons (Fsp3) is 0.263. The molecule has 0 spiro atoms. The van der Waals surface area contributed by atoms with Crippen LogP contribution >= 0.6 is 0 Å². The molecule has 9 nitrogen and oxygen atoms in total. The summed E-state index contributed by atoms with van der Waals surface area (Å²) >= 11 is 0. The number of nitrogens with zero attached hydrogens (tertiary/aromatic N) is 1. The van der Waals surface area contributed by atoms with Crippen LogP contribution in [0.15, 0.2) is 36.4 Å². The number of methoxy groups -OCH3 is 1. The lowest BCUT2D eigenvalue weighted by atomic mass is 9.93. The van der Waals surface area contributed by atoms with E-state index in [0.717, 1.165) is 29.2 Å². The van der Waals surface area contributed by atoms with Crippen molar-refractivity contribution in [2.75, 3.05) is 24.8 Å². The quantitative estimate of drug-likeness (QED) is 0.586. The highest BCUT2D eigenvalue weighted by molar-refractivity contribution is 7.89. The molecule has 1 fully saturated rings. The lowest BCUT2D eigenvalue weighted by Gasteiger charge is -2.20. The van der Waals surface area contributed by atoms with Crippen LogP contribution in [0.2, 0.25) is 0 Å². The summed E-state index contributed by atoms with van der Waals surface area (Å²) in [5, 5.41) is 9.67. The summed E-state index contributed by atoms with van der Waals surface area (Å²) in [6.45, 7) is -0.420. The molecule has 1 saturated heterocycles. The second-order valence-electron chi connectivity index (χ2n) is 7.05. The number of urea groups is 1. The van der Waals surface area contributed by atoms with Crippen molar-refractivity contribution in [1.82, 2.24) is 10.2 Å². The Morgan fingerprint density at radius 1 is 1.19 bits per heavy atom. The molecular weight excluding hydrogens is 453 g/mol. The van der Waals surface area contributed by atoms with Crippen molar-refractivity contribution < 1.29 is 35.9 Å². The highest BCUT2D eigenvalue weighted by Gasteiger charge is 2.45. The van der Waals surface area contributed by atoms with Crippen molar-refractivity contribution in [3.8, 4) is 5.75 Å². The van der Waals surface area contributed by atoms with Crippen LogP contribution < -0.4 is 20.5 Å². The fourth-order valence-corrected chi connectivity index (χ4v) is 4.10. The minimum Gasteiger partial charge on any atom is -0.497 e. The Kier molecular flexibility index (Phi) is 6.60. The molecule has 1 heterocycles. The average molecular weight is 472 g/mol. The Bertz CT molecular complexity index is 1120. The van der Waals surface area contributed by atoms with Crippen LogP contribution in [-0.2, 0) is 14.8 Å². The van der Waals surface area contributed by atoms with E-state index in [1.54, 1.807) is 0 Å². The van der Waals surface area contributed by atoms with Gasteiger partial charge in [0, 0.05) is 35.8 Å². The molecule has 13 heteroatoms. The van der Waals surface area contributed by atoms with E-state index in [0.29, 0.717) is 0 Å². The van der Waals surface area contributed by atoms with E-state index in [1.165, 1.54) is 19.2 Å². The predicted molar refractivity (Wildman–Crippen MR) is 108 cm³/mol. The van der Waals surface area contributed by atoms with Gasteiger partial charge in [0.1, 0.15) is 35.1 Å². The normalized spacial score (nSPS) is 18.5. The average Bonchev–Trinajstić information content (AvgIpc) is 2.97. The largest absolute Gasteiger partial charge is 0.497 e. The number of carbonyl (C=O) groups is 2. The van der Waals surface area contributed by atoms with Gasteiger partial charge in [-0.3, -0.25) is 4.79 Å². The number of primary sulfonamides is 1. The minimum absolute atomic E-state index is 0.104. The number of halogens is 3. The number of rotatable bonds is 6. The lowest BCUT2D eigenvalue weighted by Crippen LogP contribution is -2.46. The molecule has 2 aromatic carbocycles. The van der Waals surface area contributed by atoms with E-state index in [-0.39, 0.29) is 11.4 Å². The number of amides is 3. The van der Waals surface area contributed by atoms with E-state index in [2.05, 4.69) is 10.6 Å². The predicted octanol–water partition coefficient (Wildman–Crippen LogP) is 1.47. The standard InChI is InChI=1S/C19H19F3N4O5S/c1-31-12-6-14(21)16(15(22)7-12)13-8-26(9-32(23,29)30)18(27)17(13)25-19(28)24-11-4-2-10(20)3-5-11/h2-7,13,17H,8-9H2,1H3,(H2,23,29,30)(H2,24,25,28)/t13-,17-/m0/s1. The van der Waals surface area contributed by atoms with Gasteiger partial charge in [0.15, 0.2) is 0 Å². The number of benzene rings is 2. The number of ether oxygens (including phenoxy) is 1. The summed E-state index contributed by atoms with van der Waals surface area (Å²) in [6, 6.07) is 4.09. The molecular formula is C19H19F3N4O5S. The third-order valence-corrected chi connectivity index (χ3v) is 5.45. The van der Waals surface area contributed by atoms with Gasteiger partial charge in [0.05, 0.1) is 7.11 Å². The molecule has 0 radical (unpaired) electrons. The lowest BCUT2D eigenvalue weighted by molar-refractivity contribution is -0.128. The molecule has 0 bridgehead atoms. The molecule has 3 rings (SSSR count). The molecule has 1 aliphatic heterocycles.